The van der Waals surface area contributed by atoms with Crippen LogP contribution in [-0.4, -0.2) is 62.6 Å². The number of carbonyl (C=O) groups is 2. The molecule has 1 spiro atoms. The van der Waals surface area contributed by atoms with Crippen molar-refractivity contribution in [3.63, 3.8) is 0 Å². The molecule has 0 radical (unpaired) electrons. The summed E-state index contributed by atoms with van der Waals surface area (Å²) >= 11 is 0. The van der Waals surface area contributed by atoms with Gasteiger partial charge in [-0.1, -0.05) is 0 Å². The molecule has 12 heteroatoms. The number of rotatable bonds is 3. The zero-order valence-corrected chi connectivity index (χ0v) is 10.1. The number of phosphoric ester groups is 1. The van der Waals surface area contributed by atoms with E-state index >= 15 is 0 Å². The van der Waals surface area contributed by atoms with Gasteiger partial charge >= 0.3 is 13.9 Å². The van der Waals surface area contributed by atoms with Crippen molar-refractivity contribution >= 4 is 19.8 Å². The first kappa shape index (κ1) is 14.3. The maximum atomic E-state index is 11.5. The van der Waals surface area contributed by atoms with Crippen molar-refractivity contribution in [2.24, 2.45) is 0 Å². The molecule has 2 aliphatic heterocycles. The Hall–Kier alpha value is -1.07. The Kier molecular flexibility index (Phi) is 3.39. The molecule has 4 atom stereocenters. The molecular weight excluding hydrogens is 287 g/mol. The number of hydrogen-bond donors (Lipinski definition) is 6. The zero-order chi connectivity index (χ0) is 14.4. The van der Waals surface area contributed by atoms with Crippen LogP contribution in [0, 0.1) is 0 Å². The smallest absolute Gasteiger partial charge is 0.387 e. The number of phosphoric acid groups is 1. The highest BCUT2D eigenvalue weighted by Crippen LogP contribution is 2.38. The van der Waals surface area contributed by atoms with E-state index in [1.165, 1.54) is 0 Å². The van der Waals surface area contributed by atoms with Crippen molar-refractivity contribution in [2.75, 3.05) is 6.61 Å². The quantitative estimate of drug-likeness (QED) is 0.231. The SMILES string of the molecule is O=C1NC(=O)C2(N1)OC(COP(=O)(O)O)C(O)C2O. The van der Waals surface area contributed by atoms with E-state index in [1.807, 2.05) is 10.6 Å². The molecule has 2 rings (SSSR count). The number of aliphatic hydroxyl groups is 2. The Balaban J connectivity index is 2.13. The van der Waals surface area contributed by atoms with E-state index in [4.69, 9.17) is 14.5 Å². The molecule has 6 N–H and O–H groups in total. The molecule has 0 aromatic heterocycles. The molecule has 2 aliphatic rings. The van der Waals surface area contributed by atoms with Crippen LogP contribution in [0.5, 0.6) is 0 Å². The fourth-order valence-electron chi connectivity index (χ4n) is 1.87. The molecule has 0 aliphatic carbocycles. The molecule has 0 saturated carbocycles. The number of ether oxygens (including phenoxy) is 1. The van der Waals surface area contributed by atoms with Gasteiger partial charge in [-0.15, -0.1) is 0 Å². The van der Waals surface area contributed by atoms with Crippen LogP contribution in [0.25, 0.3) is 0 Å². The first-order valence-electron chi connectivity index (χ1n) is 5.03. The minimum atomic E-state index is -4.80. The van der Waals surface area contributed by atoms with E-state index in [1.54, 1.807) is 0 Å². The second-order valence-corrected chi connectivity index (χ2v) is 5.26. The van der Waals surface area contributed by atoms with Crippen molar-refractivity contribution in [1.82, 2.24) is 10.6 Å². The number of hydrogen-bond acceptors (Lipinski definition) is 7. The van der Waals surface area contributed by atoms with Crippen molar-refractivity contribution in [1.29, 1.82) is 0 Å². The summed E-state index contributed by atoms with van der Waals surface area (Å²) < 4.78 is 19.7. The second kappa shape index (κ2) is 4.49. The summed E-state index contributed by atoms with van der Waals surface area (Å²) in [4.78, 5) is 39.6. The lowest BCUT2D eigenvalue weighted by Crippen LogP contribution is -2.56. The molecule has 108 valence electrons. The van der Waals surface area contributed by atoms with Gasteiger partial charge < -0.3 is 24.7 Å². The number of carbonyl (C=O) groups excluding carboxylic acids is 2. The topological polar surface area (TPSA) is 175 Å². The molecule has 2 saturated heterocycles. The van der Waals surface area contributed by atoms with Gasteiger partial charge in [-0.05, 0) is 0 Å². The van der Waals surface area contributed by atoms with Crippen molar-refractivity contribution < 1.29 is 43.4 Å². The standard InChI is InChI=1S/C7H11N2O9P/c10-3-2(1-17-19(14,15)16)18-7(4(3)11)5(12)8-6(13)9-7/h2-4,10-11H,1H2,(H2,14,15,16)(H2,8,9,12,13). The van der Waals surface area contributed by atoms with Crippen LogP contribution in [0.15, 0.2) is 0 Å². The van der Waals surface area contributed by atoms with Crippen LogP contribution < -0.4 is 10.6 Å². The lowest BCUT2D eigenvalue weighted by Gasteiger charge is -2.23. The summed E-state index contributed by atoms with van der Waals surface area (Å²) in [5.41, 5.74) is -2.18. The first-order valence-corrected chi connectivity index (χ1v) is 6.56. The van der Waals surface area contributed by atoms with E-state index in [-0.39, 0.29) is 0 Å². The zero-order valence-electron chi connectivity index (χ0n) is 9.22. The average molecular weight is 298 g/mol. The Labute approximate surface area is 105 Å². The van der Waals surface area contributed by atoms with Crippen LogP contribution in [0.4, 0.5) is 4.79 Å². The molecule has 0 aromatic carbocycles. The van der Waals surface area contributed by atoms with Gasteiger partial charge in [-0.25, -0.2) is 9.36 Å². The van der Waals surface area contributed by atoms with Crippen LogP contribution in [0.1, 0.15) is 0 Å². The van der Waals surface area contributed by atoms with E-state index < -0.39 is 50.4 Å². The van der Waals surface area contributed by atoms with Crippen LogP contribution >= 0.6 is 7.82 Å². The minimum absolute atomic E-state index is 0.770. The van der Waals surface area contributed by atoms with Crippen molar-refractivity contribution in [2.45, 2.75) is 24.0 Å². The lowest BCUT2D eigenvalue weighted by atomic mass is 10.0. The normalized spacial score (nSPS) is 38.6. The average Bonchev–Trinajstić information content (AvgIpc) is 2.68. The number of imide groups is 1. The summed E-state index contributed by atoms with van der Waals surface area (Å²) in [5, 5.41) is 23.2. The maximum absolute atomic E-state index is 11.5. The third-order valence-corrected chi connectivity index (χ3v) is 3.21. The van der Waals surface area contributed by atoms with Gasteiger partial charge in [0.1, 0.15) is 18.3 Å². The highest BCUT2D eigenvalue weighted by Gasteiger charge is 2.63. The van der Waals surface area contributed by atoms with Gasteiger partial charge in [0.2, 0.25) is 0 Å². The Bertz CT molecular complexity index is 463. The van der Waals surface area contributed by atoms with E-state index in [9.17, 15) is 24.4 Å². The summed E-state index contributed by atoms with van der Waals surface area (Å²) in [6.07, 6.45) is -4.87. The fourth-order valence-corrected chi connectivity index (χ4v) is 2.21. The van der Waals surface area contributed by atoms with Crippen molar-refractivity contribution in [3.8, 4) is 0 Å². The molecular formula is C7H11N2O9P. The van der Waals surface area contributed by atoms with Gasteiger partial charge in [0.25, 0.3) is 11.6 Å². The predicted octanol–water partition coefficient (Wildman–Crippen LogP) is -3.25. The molecule has 2 heterocycles. The monoisotopic (exact) mass is 298 g/mol. The van der Waals surface area contributed by atoms with E-state index in [2.05, 4.69) is 4.52 Å². The van der Waals surface area contributed by atoms with Gasteiger partial charge in [-0.3, -0.25) is 20.0 Å². The van der Waals surface area contributed by atoms with E-state index in [0.29, 0.717) is 0 Å². The molecule has 4 unspecified atom stereocenters. The Morgan fingerprint density at radius 1 is 1.37 bits per heavy atom. The summed E-state index contributed by atoms with van der Waals surface area (Å²) in [5.74, 6) is -1.01. The second-order valence-electron chi connectivity index (χ2n) is 4.02. The van der Waals surface area contributed by atoms with Gasteiger partial charge in [-0.2, -0.15) is 0 Å². The van der Waals surface area contributed by atoms with Crippen LogP contribution in [0.2, 0.25) is 0 Å². The number of nitrogens with one attached hydrogen (secondary N) is 2. The fraction of sp³-hybridized carbons (Fsp3) is 0.714. The maximum Gasteiger partial charge on any atom is 0.469 e. The molecule has 3 amide bonds. The van der Waals surface area contributed by atoms with Crippen LogP contribution in [-0.2, 0) is 18.6 Å². The highest BCUT2D eigenvalue weighted by molar-refractivity contribution is 7.46. The summed E-state index contributed by atoms with van der Waals surface area (Å²) in [7, 11) is -4.80. The highest BCUT2D eigenvalue weighted by atomic mass is 31.2. The Morgan fingerprint density at radius 3 is 2.47 bits per heavy atom. The number of urea groups is 1. The molecule has 0 aromatic rings. The van der Waals surface area contributed by atoms with Gasteiger partial charge in [0.15, 0.2) is 0 Å². The molecule has 11 nitrogen and oxygen atoms in total. The molecule has 0 bridgehead atoms. The number of aliphatic hydroxyl groups excluding tert-OH is 2. The number of amides is 3. The largest absolute Gasteiger partial charge is 0.469 e. The predicted molar refractivity (Wildman–Crippen MR) is 54.3 cm³/mol. The van der Waals surface area contributed by atoms with Gasteiger partial charge in [0, 0.05) is 0 Å². The third kappa shape index (κ3) is 2.49. The first-order chi connectivity index (χ1) is 8.66. The molecule has 19 heavy (non-hydrogen) atoms. The lowest BCUT2D eigenvalue weighted by molar-refractivity contribution is -0.153. The van der Waals surface area contributed by atoms with Crippen LogP contribution in [0.3, 0.4) is 0 Å². The third-order valence-electron chi connectivity index (χ3n) is 2.73. The van der Waals surface area contributed by atoms with E-state index in [0.717, 1.165) is 0 Å². The van der Waals surface area contributed by atoms with Crippen molar-refractivity contribution in [3.05, 3.63) is 0 Å². The van der Waals surface area contributed by atoms with Gasteiger partial charge in [0.05, 0.1) is 6.61 Å². The summed E-state index contributed by atoms with van der Waals surface area (Å²) in [6.45, 7) is -0.770. The molecule has 2 fully saturated rings. The minimum Gasteiger partial charge on any atom is -0.387 e. The summed E-state index contributed by atoms with van der Waals surface area (Å²) in [6, 6.07) is -0.923. The Morgan fingerprint density at radius 2 is 2.00 bits per heavy atom.